The van der Waals surface area contributed by atoms with Crippen molar-refractivity contribution in [2.24, 2.45) is 0 Å². The zero-order valence-electron chi connectivity index (χ0n) is 15.3. The maximum Gasteiger partial charge on any atom is 0.564 e. The highest BCUT2D eigenvalue weighted by atomic mass is 16.5. The van der Waals surface area contributed by atoms with E-state index in [1.807, 2.05) is 78.9 Å². The average Bonchev–Trinajstić information content (AvgIpc) is 3.32. The molecule has 0 saturated heterocycles. The lowest BCUT2D eigenvalue weighted by Crippen LogP contribution is -2.37. The molecule has 2 heterocycles. The van der Waals surface area contributed by atoms with Gasteiger partial charge in [0.25, 0.3) is 0 Å². The molecule has 138 valence electrons. The number of fused-ring (bicyclic) bond motifs is 6. The monoisotopic (exact) mass is 378 g/mol. The van der Waals surface area contributed by atoms with E-state index in [0.717, 1.165) is 32.7 Å². The van der Waals surface area contributed by atoms with Crippen molar-refractivity contribution >= 4 is 56.5 Å². The van der Waals surface area contributed by atoms with Crippen LogP contribution < -0.4 is 10.1 Å². The fourth-order valence-electron chi connectivity index (χ4n) is 3.96. The van der Waals surface area contributed by atoms with Crippen LogP contribution in [-0.4, -0.2) is 12.1 Å². The molecule has 5 heteroatoms. The van der Waals surface area contributed by atoms with Crippen LogP contribution in [0.4, 0.5) is 0 Å². The van der Waals surface area contributed by atoms with Gasteiger partial charge in [-0.3, -0.25) is 0 Å². The third kappa shape index (κ3) is 2.45. The summed E-state index contributed by atoms with van der Waals surface area (Å²) in [6.07, 6.45) is 0. The number of benzene rings is 4. The molecule has 0 bridgehead atoms. The van der Waals surface area contributed by atoms with Gasteiger partial charge in [0, 0.05) is 27.0 Å². The third-order valence-electron chi connectivity index (χ3n) is 5.31. The summed E-state index contributed by atoms with van der Waals surface area (Å²) in [5.41, 5.74) is 3.38. The molecule has 6 rings (SSSR count). The van der Waals surface area contributed by atoms with Crippen LogP contribution in [0.1, 0.15) is 0 Å². The summed E-state index contributed by atoms with van der Waals surface area (Å²) in [7, 11) is -1.20. The first-order chi connectivity index (χ1) is 14.3. The lowest BCUT2D eigenvalue weighted by Gasteiger charge is -2.10. The summed E-state index contributed by atoms with van der Waals surface area (Å²) < 4.78 is 18.0. The molecule has 0 unspecified atom stereocenters. The topological polar surface area (TPSA) is 55.7 Å². The fourth-order valence-corrected chi connectivity index (χ4v) is 3.96. The molecule has 6 aromatic rings. The van der Waals surface area contributed by atoms with Crippen LogP contribution in [0, 0.1) is 0 Å². The molecule has 0 spiro atoms. The second-order valence-electron chi connectivity index (χ2n) is 7.02. The molecule has 0 atom stereocenters. The Hall–Kier alpha value is -3.70. The Labute approximate surface area is 166 Å². The van der Waals surface area contributed by atoms with Gasteiger partial charge >= 0.3 is 7.12 Å². The standard InChI is InChI=1S/C24H15BO4/c26-25(19-11-5-9-17-15-7-1-3-12-20(15)27-23(17)19)29-22-14-6-10-18-16-8-2-4-13-21(16)28-24(18)22/h1-14,26H. The number of furan rings is 2. The molecule has 0 saturated carbocycles. The lowest BCUT2D eigenvalue weighted by atomic mass is 9.78. The van der Waals surface area contributed by atoms with Crippen LogP contribution in [-0.2, 0) is 0 Å². The average molecular weight is 378 g/mol. The smallest absolute Gasteiger partial charge is 0.530 e. The minimum Gasteiger partial charge on any atom is -0.530 e. The van der Waals surface area contributed by atoms with Gasteiger partial charge in [0.1, 0.15) is 22.5 Å². The predicted octanol–water partition coefficient (Wildman–Crippen LogP) is 5.25. The molecule has 4 nitrogen and oxygen atoms in total. The maximum atomic E-state index is 10.9. The van der Waals surface area contributed by atoms with Crippen LogP contribution in [0.2, 0.25) is 0 Å². The van der Waals surface area contributed by atoms with Crippen molar-refractivity contribution in [3.8, 4) is 5.75 Å². The molecule has 29 heavy (non-hydrogen) atoms. The molecule has 0 fully saturated rings. The molecule has 2 aromatic heterocycles. The van der Waals surface area contributed by atoms with Crippen molar-refractivity contribution in [1.82, 2.24) is 0 Å². The van der Waals surface area contributed by atoms with E-state index >= 15 is 0 Å². The zero-order valence-corrected chi connectivity index (χ0v) is 15.3. The number of para-hydroxylation sites is 4. The van der Waals surface area contributed by atoms with Gasteiger partial charge in [-0.1, -0.05) is 66.7 Å². The van der Waals surface area contributed by atoms with Gasteiger partial charge in [0.15, 0.2) is 5.58 Å². The normalized spacial score (nSPS) is 11.6. The summed E-state index contributed by atoms with van der Waals surface area (Å²) in [4.78, 5) is 0. The van der Waals surface area contributed by atoms with Crippen LogP contribution in [0.25, 0.3) is 43.9 Å². The molecular formula is C24H15BO4. The van der Waals surface area contributed by atoms with Crippen LogP contribution in [0.3, 0.4) is 0 Å². The zero-order chi connectivity index (χ0) is 19.4. The van der Waals surface area contributed by atoms with Crippen molar-refractivity contribution in [3.63, 3.8) is 0 Å². The van der Waals surface area contributed by atoms with Crippen molar-refractivity contribution in [2.45, 2.75) is 0 Å². The molecule has 0 aliphatic carbocycles. The Morgan fingerprint density at radius 2 is 1.14 bits per heavy atom. The van der Waals surface area contributed by atoms with Gasteiger partial charge in [-0.05, 0) is 18.2 Å². The molecule has 0 amide bonds. The maximum absolute atomic E-state index is 10.9. The highest BCUT2D eigenvalue weighted by molar-refractivity contribution is 6.63. The molecule has 0 aliphatic rings. The van der Waals surface area contributed by atoms with E-state index in [0.29, 0.717) is 22.4 Å². The lowest BCUT2D eigenvalue weighted by molar-refractivity contribution is 0.430. The third-order valence-corrected chi connectivity index (χ3v) is 5.31. The van der Waals surface area contributed by atoms with Gasteiger partial charge in [0.05, 0.1) is 0 Å². The van der Waals surface area contributed by atoms with E-state index in [1.165, 1.54) is 0 Å². The summed E-state index contributed by atoms with van der Waals surface area (Å²) in [6, 6.07) is 27.0. The first kappa shape index (κ1) is 16.3. The first-order valence-electron chi connectivity index (χ1n) is 9.45. The summed E-state index contributed by atoms with van der Waals surface area (Å²) in [6.45, 7) is 0. The Kier molecular flexibility index (Phi) is 3.46. The first-order valence-corrected chi connectivity index (χ1v) is 9.45. The number of hydrogen-bond acceptors (Lipinski definition) is 4. The number of hydrogen-bond donors (Lipinski definition) is 1. The second-order valence-corrected chi connectivity index (χ2v) is 7.02. The number of rotatable bonds is 3. The minimum absolute atomic E-state index is 0.485. The Bertz CT molecular complexity index is 1510. The molecular weight excluding hydrogens is 363 g/mol. The molecule has 0 aliphatic heterocycles. The highest BCUT2D eigenvalue weighted by Crippen LogP contribution is 2.35. The van der Waals surface area contributed by atoms with Crippen LogP contribution in [0.15, 0.2) is 93.8 Å². The van der Waals surface area contributed by atoms with Crippen molar-refractivity contribution in [2.75, 3.05) is 0 Å². The Morgan fingerprint density at radius 3 is 1.86 bits per heavy atom. The van der Waals surface area contributed by atoms with Gasteiger partial charge < -0.3 is 18.5 Å². The van der Waals surface area contributed by atoms with E-state index in [9.17, 15) is 5.02 Å². The molecule has 0 radical (unpaired) electrons. The van der Waals surface area contributed by atoms with Crippen LogP contribution >= 0.6 is 0 Å². The van der Waals surface area contributed by atoms with E-state index in [-0.39, 0.29) is 0 Å². The quantitative estimate of drug-likeness (QED) is 0.427. The fraction of sp³-hybridized carbons (Fsp3) is 0. The Morgan fingerprint density at radius 1 is 0.586 bits per heavy atom. The van der Waals surface area contributed by atoms with Crippen LogP contribution in [0.5, 0.6) is 5.75 Å². The van der Waals surface area contributed by atoms with E-state index < -0.39 is 7.12 Å². The van der Waals surface area contributed by atoms with Gasteiger partial charge in [0.2, 0.25) is 0 Å². The van der Waals surface area contributed by atoms with Crippen molar-refractivity contribution < 1.29 is 18.5 Å². The van der Waals surface area contributed by atoms with Crippen molar-refractivity contribution in [1.29, 1.82) is 0 Å². The molecule has 1 N–H and O–H groups in total. The second kappa shape index (κ2) is 6.16. The molecule has 4 aromatic carbocycles. The van der Waals surface area contributed by atoms with Gasteiger partial charge in [-0.15, -0.1) is 0 Å². The summed E-state index contributed by atoms with van der Waals surface area (Å²) in [5.74, 6) is 0.485. The van der Waals surface area contributed by atoms with E-state index in [4.69, 9.17) is 13.5 Å². The largest absolute Gasteiger partial charge is 0.564 e. The Balaban J connectivity index is 1.47. The highest BCUT2D eigenvalue weighted by Gasteiger charge is 2.26. The predicted molar refractivity (Wildman–Crippen MR) is 116 cm³/mol. The van der Waals surface area contributed by atoms with E-state index in [2.05, 4.69) is 0 Å². The summed E-state index contributed by atoms with van der Waals surface area (Å²) >= 11 is 0. The van der Waals surface area contributed by atoms with Crippen molar-refractivity contribution in [3.05, 3.63) is 84.9 Å². The SMILES string of the molecule is OB(Oc1cccc2c1oc1ccccc12)c1cccc2c1oc1ccccc12. The minimum atomic E-state index is -1.20. The van der Waals surface area contributed by atoms with Gasteiger partial charge in [-0.25, -0.2) is 0 Å². The van der Waals surface area contributed by atoms with Gasteiger partial charge in [-0.2, -0.15) is 0 Å². The summed E-state index contributed by atoms with van der Waals surface area (Å²) in [5, 5.41) is 14.8. The van der Waals surface area contributed by atoms with E-state index in [1.54, 1.807) is 6.07 Å².